The second-order valence-electron chi connectivity index (χ2n) is 9.10. The van der Waals surface area contributed by atoms with Gasteiger partial charge >= 0.3 is 0 Å². The maximum absolute atomic E-state index is 12.8. The number of hydrogen-bond acceptors (Lipinski definition) is 6. The van der Waals surface area contributed by atoms with Gasteiger partial charge in [0.1, 0.15) is 4.21 Å². The zero-order valence-electron chi connectivity index (χ0n) is 18.9. The highest BCUT2D eigenvalue weighted by Gasteiger charge is 2.30. The number of amides is 2. The van der Waals surface area contributed by atoms with Crippen LogP contribution in [0.2, 0.25) is 0 Å². The van der Waals surface area contributed by atoms with E-state index in [-0.39, 0.29) is 18.2 Å². The van der Waals surface area contributed by atoms with Gasteiger partial charge in [-0.1, -0.05) is 0 Å². The van der Waals surface area contributed by atoms with Crippen LogP contribution in [-0.2, 0) is 26.0 Å². The van der Waals surface area contributed by atoms with E-state index in [4.69, 9.17) is 0 Å². The normalized spacial score (nSPS) is 23.6. The third kappa shape index (κ3) is 5.35. The predicted molar refractivity (Wildman–Crippen MR) is 124 cm³/mol. The van der Waals surface area contributed by atoms with Crippen LogP contribution in [0.3, 0.4) is 0 Å². The fourth-order valence-corrected chi connectivity index (χ4v) is 7.83. The van der Waals surface area contributed by atoms with Gasteiger partial charge in [-0.25, -0.2) is 8.42 Å². The van der Waals surface area contributed by atoms with Gasteiger partial charge in [0.05, 0.1) is 13.0 Å². The molecule has 0 radical (unpaired) electrons. The van der Waals surface area contributed by atoms with Gasteiger partial charge in [-0.05, 0) is 51.2 Å². The van der Waals surface area contributed by atoms with Crippen molar-refractivity contribution in [2.75, 3.05) is 52.4 Å². The minimum absolute atomic E-state index is 0.0209. The molecule has 1 atom stereocenters. The average molecular weight is 483 g/mol. The lowest BCUT2D eigenvalue weighted by Gasteiger charge is -2.38. The summed E-state index contributed by atoms with van der Waals surface area (Å²) in [6.07, 6.45) is 5.40. The van der Waals surface area contributed by atoms with Gasteiger partial charge in [0, 0.05) is 56.7 Å². The molecule has 1 unspecified atom stereocenters. The monoisotopic (exact) mass is 482 g/mol. The largest absolute Gasteiger partial charge is 0.340 e. The number of carbonyl (C=O) groups excluding carboxylic acids is 2. The summed E-state index contributed by atoms with van der Waals surface area (Å²) in [5, 5.41) is 0. The van der Waals surface area contributed by atoms with Gasteiger partial charge in [0.25, 0.3) is 10.0 Å². The zero-order valence-corrected chi connectivity index (χ0v) is 20.5. The van der Waals surface area contributed by atoms with Crippen molar-refractivity contribution in [3.05, 3.63) is 17.0 Å². The van der Waals surface area contributed by atoms with E-state index in [1.807, 2.05) is 9.80 Å². The van der Waals surface area contributed by atoms with Crippen molar-refractivity contribution >= 4 is 33.2 Å². The number of nitrogens with zero attached hydrogens (tertiary/aromatic N) is 4. The van der Waals surface area contributed by atoms with Crippen LogP contribution < -0.4 is 0 Å². The lowest BCUT2D eigenvalue weighted by atomic mass is 10.0. The number of piperazine rings is 1. The minimum Gasteiger partial charge on any atom is -0.340 e. The van der Waals surface area contributed by atoms with Crippen LogP contribution in [0.1, 0.15) is 43.9 Å². The van der Waals surface area contributed by atoms with Crippen LogP contribution in [0.4, 0.5) is 0 Å². The average Bonchev–Trinajstić information content (AvgIpc) is 3.47. The first-order chi connectivity index (χ1) is 15.3. The first-order valence-electron chi connectivity index (χ1n) is 11.7. The molecule has 4 rings (SSSR count). The van der Waals surface area contributed by atoms with Crippen molar-refractivity contribution in [3.63, 3.8) is 0 Å². The summed E-state index contributed by atoms with van der Waals surface area (Å²) in [6, 6.07) is 3.72. The quantitative estimate of drug-likeness (QED) is 0.616. The van der Waals surface area contributed by atoms with Crippen molar-refractivity contribution in [2.45, 2.75) is 55.7 Å². The lowest BCUT2D eigenvalue weighted by Crippen LogP contribution is -2.53. The number of piperidine rings is 1. The summed E-state index contributed by atoms with van der Waals surface area (Å²) in [6.45, 7) is 7.16. The molecule has 0 saturated carbocycles. The molecule has 10 heteroatoms. The van der Waals surface area contributed by atoms with Crippen LogP contribution in [0.15, 0.2) is 16.3 Å². The molecule has 8 nitrogen and oxygen atoms in total. The third-order valence-corrected chi connectivity index (χ3v) is 10.3. The van der Waals surface area contributed by atoms with Gasteiger partial charge in [-0.3, -0.25) is 14.5 Å². The molecule has 1 aromatic heterocycles. The fraction of sp³-hybridized carbons (Fsp3) is 0.727. The number of sulfonamides is 1. The van der Waals surface area contributed by atoms with Gasteiger partial charge in [0.2, 0.25) is 11.8 Å². The lowest BCUT2D eigenvalue weighted by molar-refractivity contribution is -0.137. The molecule has 3 aliphatic heterocycles. The Labute approximate surface area is 195 Å². The second kappa shape index (κ2) is 10.2. The number of thiophene rings is 1. The first-order valence-corrected chi connectivity index (χ1v) is 14.0. The van der Waals surface area contributed by atoms with Crippen LogP contribution in [0.25, 0.3) is 0 Å². The Morgan fingerprint density at radius 3 is 2.31 bits per heavy atom. The van der Waals surface area contributed by atoms with Crippen LogP contribution in [-0.4, -0.2) is 97.6 Å². The van der Waals surface area contributed by atoms with E-state index in [0.29, 0.717) is 56.1 Å². The summed E-state index contributed by atoms with van der Waals surface area (Å²) in [7, 11) is -3.43. The second-order valence-corrected chi connectivity index (χ2v) is 12.4. The van der Waals surface area contributed by atoms with Gasteiger partial charge in [-0.15, -0.1) is 11.3 Å². The predicted octanol–water partition coefficient (Wildman–Crippen LogP) is 1.62. The minimum atomic E-state index is -3.43. The van der Waals surface area contributed by atoms with Crippen molar-refractivity contribution in [1.82, 2.24) is 19.0 Å². The number of hydrogen-bond donors (Lipinski definition) is 0. The molecule has 32 heavy (non-hydrogen) atoms. The maximum Gasteiger partial charge on any atom is 0.252 e. The van der Waals surface area contributed by atoms with Crippen LogP contribution >= 0.6 is 11.3 Å². The summed E-state index contributed by atoms with van der Waals surface area (Å²) in [5.74, 6) is 0.218. The Hall–Kier alpha value is -1.49. The van der Waals surface area contributed by atoms with Crippen molar-refractivity contribution in [3.8, 4) is 0 Å². The summed E-state index contributed by atoms with van der Waals surface area (Å²) in [5.41, 5.74) is 0. The number of likely N-dealkylation sites (tertiary alicyclic amines) is 1. The Morgan fingerprint density at radius 1 is 0.938 bits per heavy atom. The van der Waals surface area contributed by atoms with Crippen LogP contribution in [0.5, 0.6) is 0 Å². The molecule has 3 saturated heterocycles. The zero-order chi connectivity index (χ0) is 22.7. The molecule has 0 spiro atoms. The van der Waals surface area contributed by atoms with E-state index < -0.39 is 10.0 Å². The molecular formula is C22H34N4O4S2. The SMILES string of the molecule is CC1CCCCN1C(=O)CN1CCN(C(=O)Cc2ccc(S(=O)(=O)N3CCCC3)s2)CC1. The Morgan fingerprint density at radius 2 is 1.62 bits per heavy atom. The highest BCUT2D eigenvalue weighted by Crippen LogP contribution is 2.28. The summed E-state index contributed by atoms with van der Waals surface area (Å²) < 4.78 is 27.3. The van der Waals surface area contributed by atoms with Crippen molar-refractivity contribution in [2.24, 2.45) is 0 Å². The number of carbonyl (C=O) groups is 2. The highest BCUT2D eigenvalue weighted by molar-refractivity contribution is 7.91. The maximum atomic E-state index is 12.8. The van der Waals surface area contributed by atoms with E-state index >= 15 is 0 Å². The van der Waals surface area contributed by atoms with Crippen LogP contribution in [0, 0.1) is 0 Å². The highest BCUT2D eigenvalue weighted by atomic mass is 32.2. The molecule has 3 fully saturated rings. The summed E-state index contributed by atoms with van der Waals surface area (Å²) >= 11 is 1.21. The first kappa shape index (κ1) is 23.7. The van der Waals surface area contributed by atoms with Gasteiger partial charge < -0.3 is 9.80 Å². The Balaban J connectivity index is 1.25. The molecule has 3 aliphatic rings. The molecule has 2 amide bonds. The Bertz CT molecular complexity index is 918. The molecule has 1 aromatic rings. The molecule has 4 heterocycles. The van der Waals surface area contributed by atoms with Crippen molar-refractivity contribution in [1.29, 1.82) is 0 Å². The molecule has 0 aromatic carbocycles. The molecule has 178 valence electrons. The number of rotatable bonds is 6. The van der Waals surface area contributed by atoms with E-state index in [1.54, 1.807) is 12.1 Å². The van der Waals surface area contributed by atoms with Crippen molar-refractivity contribution < 1.29 is 18.0 Å². The third-order valence-electron chi connectivity index (χ3n) is 6.83. The summed E-state index contributed by atoms with van der Waals surface area (Å²) in [4.78, 5) is 32.2. The fourth-order valence-electron chi connectivity index (χ4n) is 4.81. The topological polar surface area (TPSA) is 81.2 Å². The smallest absolute Gasteiger partial charge is 0.252 e. The molecule has 0 N–H and O–H groups in total. The standard InChI is InChI=1S/C22H34N4O4S2/c1-18-6-2-3-11-26(18)21(28)17-23-12-14-24(15-13-23)20(27)16-19-7-8-22(31-19)32(29,30)25-9-4-5-10-25/h7-8,18H,2-6,9-17H2,1H3. The van der Waals surface area contributed by atoms with E-state index in [2.05, 4.69) is 11.8 Å². The Kier molecular flexibility index (Phi) is 7.54. The van der Waals surface area contributed by atoms with Gasteiger partial charge in [-0.2, -0.15) is 4.31 Å². The van der Waals surface area contributed by atoms with Gasteiger partial charge in [0.15, 0.2) is 0 Å². The van der Waals surface area contributed by atoms with E-state index in [1.165, 1.54) is 22.1 Å². The molecule has 0 aliphatic carbocycles. The molecule has 0 bridgehead atoms. The van der Waals surface area contributed by atoms with E-state index in [9.17, 15) is 18.0 Å². The molecular weight excluding hydrogens is 448 g/mol. The van der Waals surface area contributed by atoms with E-state index in [0.717, 1.165) is 37.1 Å².